The van der Waals surface area contributed by atoms with E-state index in [-0.39, 0.29) is 5.91 Å². The van der Waals surface area contributed by atoms with E-state index in [0.717, 1.165) is 12.5 Å². The molecule has 1 aromatic rings. The number of nitrogens with two attached hydrogens (primary N) is 1. The minimum atomic E-state index is -0.0996. The Bertz CT molecular complexity index is 433. The summed E-state index contributed by atoms with van der Waals surface area (Å²) in [6.45, 7) is 1.23. The van der Waals surface area contributed by atoms with Crippen molar-refractivity contribution < 1.29 is 9.53 Å². The van der Waals surface area contributed by atoms with Gasteiger partial charge < -0.3 is 15.8 Å². The summed E-state index contributed by atoms with van der Waals surface area (Å²) >= 11 is 5.96. The molecular formula is C13H17ClN2O2. The fraction of sp³-hybridized carbons (Fsp3) is 0.462. The number of halogens is 1. The molecule has 1 saturated carbocycles. The molecule has 0 heterocycles. The van der Waals surface area contributed by atoms with Gasteiger partial charge in [0.2, 0.25) is 5.91 Å². The van der Waals surface area contributed by atoms with E-state index in [4.69, 9.17) is 22.1 Å². The maximum absolute atomic E-state index is 11.6. The molecule has 4 nitrogen and oxygen atoms in total. The van der Waals surface area contributed by atoms with Crippen molar-refractivity contribution in [3.63, 3.8) is 0 Å². The fourth-order valence-electron chi connectivity index (χ4n) is 1.54. The topological polar surface area (TPSA) is 64.3 Å². The third kappa shape index (κ3) is 4.20. The molecule has 0 spiro atoms. The van der Waals surface area contributed by atoms with Crippen molar-refractivity contribution in [3.8, 4) is 0 Å². The second-order valence-electron chi connectivity index (χ2n) is 4.56. The summed E-state index contributed by atoms with van der Waals surface area (Å²) < 4.78 is 5.40. The van der Waals surface area contributed by atoms with Gasteiger partial charge in [-0.3, -0.25) is 4.79 Å². The Morgan fingerprint density at radius 3 is 2.94 bits per heavy atom. The van der Waals surface area contributed by atoms with E-state index in [1.54, 1.807) is 18.2 Å². The van der Waals surface area contributed by atoms with Crippen molar-refractivity contribution in [2.75, 3.05) is 24.3 Å². The lowest BCUT2D eigenvalue weighted by atomic mass is 10.2. The van der Waals surface area contributed by atoms with Gasteiger partial charge in [-0.05, 0) is 37.0 Å². The van der Waals surface area contributed by atoms with E-state index in [0.29, 0.717) is 29.4 Å². The molecule has 0 unspecified atom stereocenters. The normalized spacial score (nSPS) is 14.5. The van der Waals surface area contributed by atoms with E-state index in [1.165, 1.54) is 12.8 Å². The van der Waals surface area contributed by atoms with Crippen LogP contribution in [0.15, 0.2) is 18.2 Å². The minimum Gasteiger partial charge on any atom is -0.399 e. The van der Waals surface area contributed by atoms with Gasteiger partial charge in [-0.1, -0.05) is 11.6 Å². The minimum absolute atomic E-state index is 0.0996. The number of carbonyl (C=O) groups excluding carboxylic acids is 1. The summed E-state index contributed by atoms with van der Waals surface area (Å²) in [5.41, 5.74) is 6.73. The summed E-state index contributed by atoms with van der Waals surface area (Å²) in [6.07, 6.45) is 2.86. The van der Waals surface area contributed by atoms with E-state index < -0.39 is 0 Å². The maximum atomic E-state index is 11.6. The van der Waals surface area contributed by atoms with Gasteiger partial charge in [0.25, 0.3) is 0 Å². The zero-order valence-corrected chi connectivity index (χ0v) is 10.9. The van der Waals surface area contributed by atoms with Gasteiger partial charge >= 0.3 is 0 Å². The van der Waals surface area contributed by atoms with E-state index >= 15 is 0 Å². The second-order valence-corrected chi connectivity index (χ2v) is 4.96. The van der Waals surface area contributed by atoms with Crippen LogP contribution in [0.3, 0.4) is 0 Å². The molecule has 0 atom stereocenters. The molecule has 5 heteroatoms. The highest BCUT2D eigenvalue weighted by molar-refractivity contribution is 6.34. The number of ether oxygens (including phenoxy) is 1. The number of anilines is 2. The van der Waals surface area contributed by atoms with Gasteiger partial charge in [0, 0.05) is 12.3 Å². The molecular weight excluding hydrogens is 252 g/mol. The number of nitrogen functional groups attached to an aromatic ring is 1. The first-order chi connectivity index (χ1) is 8.65. The maximum Gasteiger partial charge on any atom is 0.226 e. The Balaban J connectivity index is 1.71. The summed E-state index contributed by atoms with van der Waals surface area (Å²) in [5, 5.41) is 3.18. The predicted molar refractivity (Wildman–Crippen MR) is 72.7 cm³/mol. The summed E-state index contributed by atoms with van der Waals surface area (Å²) in [4.78, 5) is 11.6. The van der Waals surface area contributed by atoms with Crippen molar-refractivity contribution in [1.82, 2.24) is 0 Å². The van der Waals surface area contributed by atoms with Crippen molar-refractivity contribution in [1.29, 1.82) is 0 Å². The van der Waals surface area contributed by atoms with Gasteiger partial charge in [0.15, 0.2) is 0 Å². The smallest absolute Gasteiger partial charge is 0.226 e. The fourth-order valence-corrected chi connectivity index (χ4v) is 1.78. The molecule has 1 amide bonds. The Kier molecular flexibility index (Phi) is 4.44. The average molecular weight is 269 g/mol. The number of rotatable bonds is 6. The van der Waals surface area contributed by atoms with Gasteiger partial charge in [0.05, 0.1) is 23.7 Å². The number of benzene rings is 1. The zero-order valence-electron chi connectivity index (χ0n) is 10.1. The van der Waals surface area contributed by atoms with E-state index in [9.17, 15) is 4.79 Å². The molecule has 0 bridgehead atoms. The van der Waals surface area contributed by atoms with Gasteiger partial charge in [0.1, 0.15) is 0 Å². The standard InChI is InChI=1S/C13H17ClN2O2/c14-11-7-10(15)3-4-12(11)16-13(17)5-6-18-8-9-1-2-9/h3-4,7,9H,1-2,5-6,8,15H2,(H,16,17). The molecule has 98 valence electrons. The number of nitrogens with one attached hydrogen (secondary N) is 1. The molecule has 1 fully saturated rings. The zero-order chi connectivity index (χ0) is 13.0. The van der Waals surface area contributed by atoms with Crippen molar-refractivity contribution in [2.45, 2.75) is 19.3 Å². The largest absolute Gasteiger partial charge is 0.399 e. The molecule has 1 aliphatic carbocycles. The number of amides is 1. The monoisotopic (exact) mass is 268 g/mol. The lowest BCUT2D eigenvalue weighted by Crippen LogP contribution is -2.15. The molecule has 1 aromatic carbocycles. The average Bonchev–Trinajstić information content (AvgIpc) is 3.12. The molecule has 0 aliphatic heterocycles. The van der Waals surface area contributed by atoms with Crippen LogP contribution in [0, 0.1) is 5.92 Å². The van der Waals surface area contributed by atoms with Crippen LogP contribution in [-0.2, 0) is 9.53 Å². The lowest BCUT2D eigenvalue weighted by Gasteiger charge is -2.08. The SMILES string of the molecule is Nc1ccc(NC(=O)CCOCC2CC2)c(Cl)c1. The van der Waals surface area contributed by atoms with E-state index in [2.05, 4.69) is 5.32 Å². The quantitative estimate of drug-likeness (QED) is 0.616. The number of carbonyl (C=O) groups is 1. The Hall–Kier alpha value is -1.26. The molecule has 0 radical (unpaired) electrons. The molecule has 1 aliphatic rings. The molecule has 0 aromatic heterocycles. The molecule has 3 N–H and O–H groups in total. The Morgan fingerprint density at radius 1 is 1.50 bits per heavy atom. The first-order valence-corrected chi connectivity index (χ1v) is 6.45. The van der Waals surface area contributed by atoms with Crippen LogP contribution in [0.5, 0.6) is 0 Å². The Labute approximate surface area is 111 Å². The summed E-state index contributed by atoms with van der Waals surface area (Å²) in [6, 6.07) is 5.01. The van der Waals surface area contributed by atoms with Gasteiger partial charge in [-0.2, -0.15) is 0 Å². The van der Waals surface area contributed by atoms with Crippen LogP contribution < -0.4 is 11.1 Å². The molecule has 2 rings (SSSR count). The number of hydrogen-bond donors (Lipinski definition) is 2. The molecule has 18 heavy (non-hydrogen) atoms. The lowest BCUT2D eigenvalue weighted by molar-refractivity contribution is -0.117. The molecule has 0 saturated heterocycles. The highest BCUT2D eigenvalue weighted by Crippen LogP contribution is 2.28. The highest BCUT2D eigenvalue weighted by atomic mass is 35.5. The highest BCUT2D eigenvalue weighted by Gasteiger charge is 2.21. The van der Waals surface area contributed by atoms with Crippen LogP contribution in [0.25, 0.3) is 0 Å². The van der Waals surface area contributed by atoms with Crippen LogP contribution in [0.1, 0.15) is 19.3 Å². The predicted octanol–water partition coefficient (Wildman–Crippen LogP) is 2.68. The van der Waals surface area contributed by atoms with Crippen molar-refractivity contribution in [3.05, 3.63) is 23.2 Å². The first kappa shape index (κ1) is 13.2. The van der Waals surface area contributed by atoms with Crippen LogP contribution in [0.4, 0.5) is 11.4 Å². The summed E-state index contributed by atoms with van der Waals surface area (Å²) in [5.74, 6) is 0.622. The van der Waals surface area contributed by atoms with Crippen LogP contribution >= 0.6 is 11.6 Å². The second kappa shape index (κ2) is 6.07. The summed E-state index contributed by atoms with van der Waals surface area (Å²) in [7, 11) is 0. The van der Waals surface area contributed by atoms with Crippen molar-refractivity contribution >= 4 is 28.9 Å². The van der Waals surface area contributed by atoms with E-state index in [1.807, 2.05) is 0 Å². The third-order valence-electron chi connectivity index (χ3n) is 2.79. The van der Waals surface area contributed by atoms with Gasteiger partial charge in [-0.15, -0.1) is 0 Å². The van der Waals surface area contributed by atoms with Crippen LogP contribution in [-0.4, -0.2) is 19.1 Å². The first-order valence-electron chi connectivity index (χ1n) is 6.08. The van der Waals surface area contributed by atoms with Crippen molar-refractivity contribution in [2.24, 2.45) is 5.92 Å². The third-order valence-corrected chi connectivity index (χ3v) is 3.10. The Morgan fingerprint density at radius 2 is 2.28 bits per heavy atom. The van der Waals surface area contributed by atoms with Gasteiger partial charge in [-0.25, -0.2) is 0 Å². The van der Waals surface area contributed by atoms with Crippen LogP contribution in [0.2, 0.25) is 5.02 Å². The number of hydrogen-bond acceptors (Lipinski definition) is 3.